The van der Waals surface area contributed by atoms with Crippen LogP contribution in [0.5, 0.6) is 5.75 Å². The van der Waals surface area contributed by atoms with Gasteiger partial charge in [0, 0.05) is 11.1 Å². The van der Waals surface area contributed by atoms with Crippen molar-refractivity contribution in [2.75, 3.05) is 7.11 Å². The number of aliphatic hydroxyl groups is 1. The maximum Gasteiger partial charge on any atom is 0.337 e. The summed E-state index contributed by atoms with van der Waals surface area (Å²) in [5.74, 6) is -1.31. The van der Waals surface area contributed by atoms with E-state index in [-0.39, 0.29) is 22.4 Å². The Hall–Kier alpha value is -2.39. The van der Waals surface area contributed by atoms with Crippen LogP contribution in [0.3, 0.4) is 0 Å². The van der Waals surface area contributed by atoms with E-state index in [9.17, 15) is 14.7 Å². The van der Waals surface area contributed by atoms with Gasteiger partial charge in [0.05, 0.1) is 12.7 Å². The number of methoxy groups -OCH3 is 1. The van der Waals surface area contributed by atoms with Gasteiger partial charge in [0.15, 0.2) is 12.4 Å². The van der Waals surface area contributed by atoms with Crippen molar-refractivity contribution in [1.29, 1.82) is 5.26 Å². The van der Waals surface area contributed by atoms with E-state index in [2.05, 4.69) is 0 Å². The van der Waals surface area contributed by atoms with Gasteiger partial charge >= 0.3 is 5.97 Å². The third-order valence-corrected chi connectivity index (χ3v) is 2.18. The van der Waals surface area contributed by atoms with E-state index in [4.69, 9.17) is 15.1 Å². The molecule has 6 heteroatoms. The second kappa shape index (κ2) is 5.09. The number of aliphatic hydroxyl groups excluding tert-OH is 1. The molecule has 0 amide bonds. The first-order chi connectivity index (χ1) is 8.04. The molecule has 1 aromatic carbocycles. The molecule has 17 heavy (non-hydrogen) atoms. The number of carboxylic acid groups (broad SMARTS) is 1. The molecule has 1 aromatic rings. The van der Waals surface area contributed by atoms with Crippen LogP contribution < -0.4 is 4.74 Å². The minimum atomic E-state index is -1.88. The van der Waals surface area contributed by atoms with Crippen molar-refractivity contribution in [3.05, 3.63) is 28.8 Å². The fraction of sp³-hybridized carbons (Fsp3) is 0.182. The van der Waals surface area contributed by atoms with Crippen LogP contribution in [-0.4, -0.2) is 29.6 Å². The van der Waals surface area contributed by atoms with Crippen molar-refractivity contribution >= 4 is 12.3 Å². The van der Waals surface area contributed by atoms with E-state index in [0.29, 0.717) is 6.29 Å². The lowest BCUT2D eigenvalue weighted by molar-refractivity contribution is -0.146. The summed E-state index contributed by atoms with van der Waals surface area (Å²) >= 11 is 0. The normalized spacial score (nSPS) is 11.4. The van der Waals surface area contributed by atoms with Crippen molar-refractivity contribution < 1.29 is 24.5 Å². The topological polar surface area (TPSA) is 108 Å². The van der Waals surface area contributed by atoms with Crippen LogP contribution in [-0.2, 0) is 4.79 Å². The molecule has 0 aliphatic carbocycles. The summed E-state index contributed by atoms with van der Waals surface area (Å²) in [4.78, 5) is 21.4. The number of hydrogen-bond acceptors (Lipinski definition) is 5. The minimum absolute atomic E-state index is 0.0258. The van der Waals surface area contributed by atoms with Gasteiger partial charge in [-0.2, -0.15) is 5.26 Å². The molecule has 0 heterocycles. The van der Waals surface area contributed by atoms with Crippen molar-refractivity contribution in [1.82, 2.24) is 0 Å². The summed E-state index contributed by atoms with van der Waals surface area (Å²) in [7, 11) is 1.33. The first-order valence-electron chi connectivity index (χ1n) is 4.53. The number of carbonyl (C=O) groups is 2. The molecule has 0 saturated heterocycles. The van der Waals surface area contributed by atoms with Gasteiger partial charge < -0.3 is 14.9 Å². The zero-order valence-corrected chi connectivity index (χ0v) is 8.88. The number of benzene rings is 1. The Labute approximate surface area is 96.7 Å². The second-order valence-electron chi connectivity index (χ2n) is 3.15. The van der Waals surface area contributed by atoms with Crippen LogP contribution in [0.25, 0.3) is 0 Å². The van der Waals surface area contributed by atoms with Gasteiger partial charge in [0.25, 0.3) is 0 Å². The Kier molecular flexibility index (Phi) is 3.80. The molecule has 88 valence electrons. The molecule has 6 nitrogen and oxygen atoms in total. The Morgan fingerprint density at radius 2 is 2.24 bits per heavy atom. The lowest BCUT2D eigenvalue weighted by Crippen LogP contribution is -2.13. The van der Waals surface area contributed by atoms with E-state index >= 15 is 0 Å². The van der Waals surface area contributed by atoms with E-state index < -0.39 is 12.1 Å². The van der Waals surface area contributed by atoms with Gasteiger partial charge in [-0.25, -0.2) is 4.79 Å². The molecule has 0 spiro atoms. The van der Waals surface area contributed by atoms with E-state index in [1.807, 2.05) is 0 Å². The average Bonchev–Trinajstić information content (AvgIpc) is 2.35. The maximum absolute atomic E-state index is 10.8. The first kappa shape index (κ1) is 12.7. The average molecular weight is 235 g/mol. The SMILES string of the molecule is COc1cc(C=O)c(C#N)c(C(O)C(=O)O)c1. The Bertz CT molecular complexity index is 503. The molecule has 0 fully saturated rings. The third-order valence-electron chi connectivity index (χ3n) is 2.18. The Morgan fingerprint density at radius 1 is 1.59 bits per heavy atom. The molecule has 1 rings (SSSR count). The standard InChI is InChI=1S/C11H9NO5/c1-17-7-2-6(5-13)9(4-12)8(3-7)10(14)11(15)16/h2-3,5,10,14H,1H3,(H,15,16). The van der Waals surface area contributed by atoms with Crippen LogP contribution in [0, 0.1) is 11.3 Å². The molecule has 0 aromatic heterocycles. The molecular weight excluding hydrogens is 226 g/mol. The number of nitriles is 1. The lowest BCUT2D eigenvalue weighted by Gasteiger charge is -2.11. The Balaban J connectivity index is 3.51. The van der Waals surface area contributed by atoms with Crippen molar-refractivity contribution in [2.24, 2.45) is 0 Å². The molecule has 2 N–H and O–H groups in total. The predicted octanol–water partition coefficient (Wildman–Crippen LogP) is 0.497. The van der Waals surface area contributed by atoms with Gasteiger partial charge in [-0.1, -0.05) is 0 Å². The number of rotatable bonds is 4. The van der Waals surface area contributed by atoms with Crippen LogP contribution in [0.15, 0.2) is 12.1 Å². The highest BCUT2D eigenvalue weighted by atomic mass is 16.5. The highest BCUT2D eigenvalue weighted by Gasteiger charge is 2.22. The molecule has 0 saturated carbocycles. The third kappa shape index (κ3) is 2.41. The van der Waals surface area contributed by atoms with E-state index in [0.717, 1.165) is 0 Å². The lowest BCUT2D eigenvalue weighted by atomic mass is 9.98. The second-order valence-corrected chi connectivity index (χ2v) is 3.15. The fourth-order valence-electron chi connectivity index (χ4n) is 1.35. The number of aliphatic carboxylic acids is 1. The number of carbonyl (C=O) groups excluding carboxylic acids is 1. The number of hydrogen-bond donors (Lipinski definition) is 2. The Morgan fingerprint density at radius 3 is 2.65 bits per heavy atom. The number of ether oxygens (including phenoxy) is 1. The molecule has 0 aliphatic rings. The van der Waals surface area contributed by atoms with Crippen LogP contribution in [0.2, 0.25) is 0 Å². The number of carboxylic acids is 1. The van der Waals surface area contributed by atoms with E-state index in [1.165, 1.54) is 19.2 Å². The summed E-state index contributed by atoms with van der Waals surface area (Å²) in [5.41, 5.74) is -0.362. The predicted molar refractivity (Wildman–Crippen MR) is 55.7 cm³/mol. The molecule has 1 unspecified atom stereocenters. The summed E-state index contributed by atoms with van der Waals surface area (Å²) < 4.78 is 4.85. The minimum Gasteiger partial charge on any atom is -0.497 e. The van der Waals surface area contributed by atoms with Gasteiger partial charge in [-0.15, -0.1) is 0 Å². The zero-order valence-electron chi connectivity index (χ0n) is 8.88. The van der Waals surface area contributed by atoms with E-state index in [1.54, 1.807) is 6.07 Å². The first-order valence-corrected chi connectivity index (χ1v) is 4.53. The van der Waals surface area contributed by atoms with Gasteiger partial charge in [-0.3, -0.25) is 4.79 Å². The monoisotopic (exact) mass is 235 g/mol. The molecule has 0 bridgehead atoms. The van der Waals surface area contributed by atoms with Gasteiger partial charge in [-0.05, 0) is 12.1 Å². The van der Waals surface area contributed by atoms with Crippen LogP contribution in [0.1, 0.15) is 27.6 Å². The molecule has 0 radical (unpaired) electrons. The highest BCUT2D eigenvalue weighted by molar-refractivity contribution is 5.83. The zero-order chi connectivity index (χ0) is 13.0. The smallest absolute Gasteiger partial charge is 0.337 e. The van der Waals surface area contributed by atoms with Crippen molar-refractivity contribution in [3.63, 3.8) is 0 Å². The molecular formula is C11H9NO5. The summed E-state index contributed by atoms with van der Waals surface area (Å²) in [6.45, 7) is 0. The van der Waals surface area contributed by atoms with Crippen LogP contribution in [0.4, 0.5) is 0 Å². The quantitative estimate of drug-likeness (QED) is 0.735. The molecule has 0 aliphatic heterocycles. The number of nitrogens with zero attached hydrogens (tertiary/aromatic N) is 1. The largest absolute Gasteiger partial charge is 0.497 e. The van der Waals surface area contributed by atoms with Crippen LogP contribution >= 0.6 is 0 Å². The van der Waals surface area contributed by atoms with Crippen molar-refractivity contribution in [3.8, 4) is 11.8 Å². The highest BCUT2D eigenvalue weighted by Crippen LogP contribution is 2.26. The van der Waals surface area contributed by atoms with Gasteiger partial charge in [0.2, 0.25) is 0 Å². The number of aldehydes is 1. The van der Waals surface area contributed by atoms with Gasteiger partial charge in [0.1, 0.15) is 11.8 Å². The summed E-state index contributed by atoms with van der Waals surface area (Å²) in [6, 6.07) is 4.20. The summed E-state index contributed by atoms with van der Waals surface area (Å²) in [5, 5.41) is 27.0. The molecule has 1 atom stereocenters. The maximum atomic E-state index is 10.8. The fourth-order valence-corrected chi connectivity index (χ4v) is 1.35. The summed E-state index contributed by atoms with van der Waals surface area (Å²) in [6.07, 6.45) is -1.47. The van der Waals surface area contributed by atoms with Crippen molar-refractivity contribution in [2.45, 2.75) is 6.10 Å².